The number of pyridine rings is 1. The lowest BCUT2D eigenvalue weighted by Gasteiger charge is -2.39. The Morgan fingerprint density at radius 2 is 1.84 bits per heavy atom. The summed E-state index contributed by atoms with van der Waals surface area (Å²) in [4.78, 5) is 48.7. The summed E-state index contributed by atoms with van der Waals surface area (Å²) in [5, 5.41) is 17.5. The molecule has 2 atom stereocenters. The van der Waals surface area contributed by atoms with Crippen LogP contribution in [0.3, 0.4) is 0 Å². The monoisotopic (exact) mass is 671 g/mol. The van der Waals surface area contributed by atoms with E-state index < -0.39 is 17.9 Å². The highest BCUT2D eigenvalue weighted by atomic mass is 16.6. The van der Waals surface area contributed by atoms with E-state index in [9.17, 15) is 14.4 Å². The van der Waals surface area contributed by atoms with Crippen LogP contribution in [0.2, 0.25) is 0 Å². The Kier molecular flexibility index (Phi) is 10.4. The van der Waals surface area contributed by atoms with Gasteiger partial charge in [0.2, 0.25) is 12.1 Å². The molecular formula is C35H45N9O5. The Morgan fingerprint density at radius 1 is 1.10 bits per heavy atom. The maximum atomic E-state index is 14.3. The number of carbonyl (C=O) groups excluding carboxylic acids is 3. The fraction of sp³-hybridized carbons (Fsp3) is 0.486. The number of carbonyl (C=O) groups is 3. The maximum Gasteiger partial charge on any atom is 0.410 e. The second kappa shape index (κ2) is 14.5. The highest BCUT2D eigenvalue weighted by Gasteiger charge is 2.35. The minimum atomic E-state index is -0.707. The van der Waals surface area contributed by atoms with Crippen LogP contribution in [0.4, 0.5) is 10.6 Å². The van der Waals surface area contributed by atoms with Crippen molar-refractivity contribution in [1.29, 1.82) is 0 Å². The molecule has 49 heavy (non-hydrogen) atoms. The number of ether oxygens (including phenoxy) is 2. The van der Waals surface area contributed by atoms with Gasteiger partial charge >= 0.3 is 12.1 Å². The van der Waals surface area contributed by atoms with Crippen molar-refractivity contribution in [2.45, 2.75) is 85.6 Å². The number of aryl methyl sites for hydroxylation is 2. The zero-order chi connectivity index (χ0) is 35.5. The van der Waals surface area contributed by atoms with E-state index in [0.717, 1.165) is 23.1 Å². The molecule has 0 N–H and O–H groups in total. The first kappa shape index (κ1) is 35.2. The molecule has 260 valence electrons. The molecule has 1 saturated heterocycles. The number of esters is 1. The van der Waals surface area contributed by atoms with E-state index >= 15 is 0 Å². The third-order valence-corrected chi connectivity index (χ3v) is 8.20. The van der Waals surface area contributed by atoms with Gasteiger partial charge in [-0.1, -0.05) is 39.0 Å². The minimum absolute atomic E-state index is 0.0860. The van der Waals surface area contributed by atoms with Gasteiger partial charge in [0, 0.05) is 49.8 Å². The third-order valence-electron chi connectivity index (χ3n) is 8.20. The Balaban J connectivity index is 1.43. The molecule has 1 aliphatic heterocycles. The van der Waals surface area contributed by atoms with E-state index in [2.05, 4.69) is 25.5 Å². The summed E-state index contributed by atoms with van der Waals surface area (Å²) in [6.45, 7) is 13.9. The number of anilines is 1. The number of rotatable bonds is 9. The molecule has 0 spiro atoms. The van der Waals surface area contributed by atoms with Gasteiger partial charge in [-0.25, -0.2) is 9.78 Å². The molecule has 5 rings (SSSR count). The summed E-state index contributed by atoms with van der Waals surface area (Å²) in [7, 11) is 1.78. The Morgan fingerprint density at radius 3 is 2.49 bits per heavy atom. The van der Waals surface area contributed by atoms with Crippen molar-refractivity contribution in [3.63, 3.8) is 0 Å². The topological polar surface area (TPSA) is 150 Å². The molecular weight excluding hydrogens is 626 g/mol. The fourth-order valence-electron chi connectivity index (χ4n) is 5.76. The number of aromatic nitrogens is 7. The normalized spacial score (nSPS) is 15.6. The smallest absolute Gasteiger partial charge is 0.410 e. The molecule has 0 radical (unpaired) electrons. The molecule has 0 bridgehead atoms. The third kappa shape index (κ3) is 7.95. The molecule has 1 aromatic carbocycles. The number of benzene rings is 1. The SMILES string of the molecule is CCC(=O)OC(C(C)C)n1nnc(-c2c(-c3ccc(C(=O)N(c4ncccc4C)[C@@H]4CCCN(C(=O)OC(C)(C)C)C4)cc3)cnn2C)n1. The highest BCUT2D eigenvalue weighted by Crippen LogP contribution is 2.32. The van der Waals surface area contributed by atoms with Gasteiger partial charge in [-0.15, -0.1) is 15.0 Å². The largest absolute Gasteiger partial charge is 0.444 e. The Bertz CT molecular complexity index is 1790. The minimum Gasteiger partial charge on any atom is -0.444 e. The average molecular weight is 672 g/mol. The van der Waals surface area contributed by atoms with E-state index in [0.29, 0.717) is 42.4 Å². The van der Waals surface area contributed by atoms with Crippen molar-refractivity contribution in [1.82, 2.24) is 39.9 Å². The molecule has 0 saturated carbocycles. The van der Waals surface area contributed by atoms with Gasteiger partial charge in [0.25, 0.3) is 5.91 Å². The number of likely N-dealkylation sites (tertiary alicyclic amines) is 1. The van der Waals surface area contributed by atoms with Crippen molar-refractivity contribution in [3.8, 4) is 22.6 Å². The summed E-state index contributed by atoms with van der Waals surface area (Å²) in [5.74, 6) is 0.213. The standard InChI is InChI=1S/C35H45N9O5/c1-9-28(45)48-33(22(2)3)44-39-30(38-40-44)29-27(20-37-41(29)8)24-14-16-25(17-15-24)32(46)43(31-23(4)12-10-18-36-31)26-13-11-19-42(21-26)34(47)49-35(5,6)7/h10,12,14-18,20,22,26,33H,9,11,13,19,21H2,1-8H3/t26-,33?/m1/s1. The number of amides is 2. The van der Waals surface area contributed by atoms with E-state index in [-0.39, 0.29) is 30.3 Å². The van der Waals surface area contributed by atoms with Crippen LogP contribution in [-0.2, 0) is 21.3 Å². The lowest BCUT2D eigenvalue weighted by Crippen LogP contribution is -2.53. The second-order valence-corrected chi connectivity index (χ2v) is 13.6. The van der Waals surface area contributed by atoms with Gasteiger partial charge in [0.05, 0.1) is 12.2 Å². The van der Waals surface area contributed by atoms with Crippen molar-refractivity contribution >= 4 is 23.8 Å². The molecule has 1 aliphatic rings. The lowest BCUT2D eigenvalue weighted by molar-refractivity contribution is -0.159. The molecule has 2 amide bonds. The molecule has 0 aliphatic carbocycles. The first-order valence-corrected chi connectivity index (χ1v) is 16.6. The van der Waals surface area contributed by atoms with Crippen LogP contribution >= 0.6 is 0 Å². The molecule has 1 unspecified atom stereocenters. The highest BCUT2D eigenvalue weighted by molar-refractivity contribution is 6.06. The lowest BCUT2D eigenvalue weighted by atomic mass is 10.0. The van der Waals surface area contributed by atoms with Crippen LogP contribution in [-0.4, -0.2) is 82.6 Å². The average Bonchev–Trinajstić information content (AvgIpc) is 3.70. The van der Waals surface area contributed by atoms with Gasteiger partial charge in [-0.05, 0) is 75.1 Å². The van der Waals surface area contributed by atoms with Gasteiger partial charge < -0.3 is 14.4 Å². The van der Waals surface area contributed by atoms with E-state index in [1.54, 1.807) is 53.0 Å². The van der Waals surface area contributed by atoms with Crippen LogP contribution in [0.1, 0.15) is 83.0 Å². The summed E-state index contributed by atoms with van der Waals surface area (Å²) < 4.78 is 12.9. The van der Waals surface area contributed by atoms with Gasteiger partial charge in [-0.3, -0.25) is 19.2 Å². The van der Waals surface area contributed by atoms with Gasteiger partial charge in [0.1, 0.15) is 17.1 Å². The van der Waals surface area contributed by atoms with E-state index in [1.807, 2.05) is 65.8 Å². The van der Waals surface area contributed by atoms with E-state index in [1.165, 1.54) is 4.80 Å². The zero-order valence-corrected chi connectivity index (χ0v) is 29.5. The number of hydrogen-bond donors (Lipinski definition) is 0. The van der Waals surface area contributed by atoms with Crippen LogP contribution < -0.4 is 4.90 Å². The molecule has 1 fully saturated rings. The van der Waals surface area contributed by atoms with Gasteiger partial charge in [-0.2, -0.15) is 5.10 Å². The molecule has 4 aromatic rings. The first-order valence-electron chi connectivity index (χ1n) is 16.6. The molecule has 14 nitrogen and oxygen atoms in total. The van der Waals surface area contributed by atoms with Crippen molar-refractivity contribution < 1.29 is 23.9 Å². The number of hydrogen-bond acceptors (Lipinski definition) is 10. The fourth-order valence-corrected chi connectivity index (χ4v) is 5.76. The predicted octanol–water partition coefficient (Wildman–Crippen LogP) is 5.60. The van der Waals surface area contributed by atoms with Crippen LogP contribution in [0, 0.1) is 12.8 Å². The number of piperidine rings is 1. The van der Waals surface area contributed by atoms with Crippen molar-refractivity contribution in [3.05, 3.63) is 59.9 Å². The quantitative estimate of drug-likeness (QED) is 0.206. The number of nitrogens with zero attached hydrogens (tertiary/aromatic N) is 9. The summed E-state index contributed by atoms with van der Waals surface area (Å²) in [5.41, 5.74) is 2.85. The van der Waals surface area contributed by atoms with Crippen LogP contribution in [0.15, 0.2) is 48.8 Å². The van der Waals surface area contributed by atoms with E-state index in [4.69, 9.17) is 9.47 Å². The molecule has 4 heterocycles. The molecule has 3 aromatic heterocycles. The maximum absolute atomic E-state index is 14.3. The Hall–Kier alpha value is -5.14. The first-order chi connectivity index (χ1) is 23.3. The summed E-state index contributed by atoms with van der Waals surface area (Å²) in [6, 6.07) is 10.7. The van der Waals surface area contributed by atoms with Crippen LogP contribution in [0.5, 0.6) is 0 Å². The molecule has 14 heteroatoms. The second-order valence-electron chi connectivity index (χ2n) is 13.6. The Labute approximate surface area is 286 Å². The van der Waals surface area contributed by atoms with Crippen molar-refractivity contribution in [2.24, 2.45) is 13.0 Å². The summed E-state index contributed by atoms with van der Waals surface area (Å²) in [6.07, 6.45) is 3.95. The zero-order valence-electron chi connectivity index (χ0n) is 29.5. The summed E-state index contributed by atoms with van der Waals surface area (Å²) >= 11 is 0. The van der Waals surface area contributed by atoms with Crippen molar-refractivity contribution in [2.75, 3.05) is 18.0 Å². The predicted molar refractivity (Wildman–Crippen MR) is 182 cm³/mol. The van der Waals surface area contributed by atoms with Gasteiger partial charge in [0.15, 0.2) is 0 Å². The van der Waals surface area contributed by atoms with Crippen LogP contribution in [0.25, 0.3) is 22.6 Å². The number of tetrazole rings is 1.